The molecule has 2 aromatic rings. The molecule has 0 fully saturated rings. The molecular formula is C14H12BrF2NO3. The number of hydrogen-bond acceptors (Lipinski definition) is 3. The maximum atomic E-state index is 12.0. The Kier molecular flexibility index (Phi) is 4.95. The highest BCUT2D eigenvalue weighted by molar-refractivity contribution is 9.10. The number of rotatable bonds is 5. The summed E-state index contributed by atoms with van der Waals surface area (Å²) >= 11 is 3.12. The maximum absolute atomic E-state index is 12.0. The standard InChI is InChI=1S/C14H12BrF2NO3/c1-8(18-13(19)11-6-7-12(15)21-11)9-2-4-10(5-3-9)20-14(16)17/h2-8,14H,1H3,(H,18,19). The third-order valence-electron chi connectivity index (χ3n) is 2.75. The maximum Gasteiger partial charge on any atom is 0.387 e. The van der Waals surface area contributed by atoms with Crippen molar-refractivity contribution in [1.82, 2.24) is 5.32 Å². The summed E-state index contributed by atoms with van der Waals surface area (Å²) in [7, 11) is 0. The van der Waals surface area contributed by atoms with Crippen molar-refractivity contribution in [3.63, 3.8) is 0 Å². The van der Waals surface area contributed by atoms with Gasteiger partial charge in [0.1, 0.15) is 5.75 Å². The summed E-state index contributed by atoms with van der Waals surface area (Å²) in [5.74, 6) is -0.102. The Morgan fingerprint density at radius 2 is 1.90 bits per heavy atom. The van der Waals surface area contributed by atoms with Crippen LogP contribution in [0.1, 0.15) is 29.1 Å². The molecule has 0 spiro atoms. The number of furan rings is 1. The van der Waals surface area contributed by atoms with Gasteiger partial charge in [-0.05, 0) is 52.7 Å². The van der Waals surface area contributed by atoms with Crippen LogP contribution in [0.25, 0.3) is 0 Å². The molecule has 1 unspecified atom stereocenters. The van der Waals surface area contributed by atoms with Gasteiger partial charge in [0.2, 0.25) is 0 Å². The zero-order valence-electron chi connectivity index (χ0n) is 11.0. The van der Waals surface area contributed by atoms with E-state index in [1.807, 2.05) is 0 Å². The first kappa shape index (κ1) is 15.5. The van der Waals surface area contributed by atoms with Crippen molar-refractivity contribution < 1.29 is 22.7 Å². The molecule has 112 valence electrons. The highest BCUT2D eigenvalue weighted by Crippen LogP contribution is 2.20. The first-order valence-corrected chi connectivity index (χ1v) is 6.86. The van der Waals surface area contributed by atoms with Crippen LogP contribution in [0.3, 0.4) is 0 Å². The van der Waals surface area contributed by atoms with Crippen molar-refractivity contribution >= 4 is 21.8 Å². The van der Waals surface area contributed by atoms with Crippen molar-refractivity contribution in [2.75, 3.05) is 0 Å². The number of carbonyl (C=O) groups is 1. The summed E-state index contributed by atoms with van der Waals surface area (Å²) in [5, 5.41) is 2.74. The molecule has 0 bridgehead atoms. The van der Waals surface area contributed by atoms with Crippen LogP contribution in [0.4, 0.5) is 8.78 Å². The molecule has 2 rings (SSSR count). The molecule has 0 radical (unpaired) electrons. The van der Waals surface area contributed by atoms with Crippen LogP contribution >= 0.6 is 15.9 Å². The fourth-order valence-electron chi connectivity index (χ4n) is 1.73. The zero-order valence-corrected chi connectivity index (χ0v) is 12.6. The number of carbonyl (C=O) groups excluding carboxylic acids is 1. The van der Waals surface area contributed by atoms with Gasteiger partial charge in [-0.25, -0.2) is 0 Å². The summed E-state index contributed by atoms with van der Waals surface area (Å²) in [6.45, 7) is -1.08. The number of nitrogens with one attached hydrogen (secondary N) is 1. The quantitative estimate of drug-likeness (QED) is 0.872. The number of ether oxygens (including phenoxy) is 1. The lowest BCUT2D eigenvalue weighted by molar-refractivity contribution is -0.0498. The molecule has 4 nitrogen and oxygen atoms in total. The monoisotopic (exact) mass is 359 g/mol. The minimum absolute atomic E-state index is 0.0715. The summed E-state index contributed by atoms with van der Waals surface area (Å²) in [5.41, 5.74) is 0.760. The molecule has 7 heteroatoms. The van der Waals surface area contributed by atoms with Crippen molar-refractivity contribution in [3.05, 3.63) is 52.4 Å². The number of benzene rings is 1. The Hall–Kier alpha value is -1.89. The van der Waals surface area contributed by atoms with E-state index in [4.69, 9.17) is 4.42 Å². The van der Waals surface area contributed by atoms with Gasteiger partial charge < -0.3 is 14.5 Å². The van der Waals surface area contributed by atoms with Gasteiger partial charge in [0.05, 0.1) is 6.04 Å². The van der Waals surface area contributed by atoms with Crippen molar-refractivity contribution in [2.45, 2.75) is 19.6 Å². The molecule has 1 amide bonds. The molecular weight excluding hydrogens is 348 g/mol. The molecule has 0 saturated heterocycles. The average molecular weight is 360 g/mol. The second-order valence-electron chi connectivity index (χ2n) is 4.25. The van der Waals surface area contributed by atoms with E-state index in [0.29, 0.717) is 4.67 Å². The van der Waals surface area contributed by atoms with Crippen LogP contribution in [0.5, 0.6) is 5.75 Å². The van der Waals surface area contributed by atoms with Crippen LogP contribution in [0.15, 0.2) is 45.5 Å². The van der Waals surface area contributed by atoms with Crippen LogP contribution in [-0.2, 0) is 0 Å². The largest absolute Gasteiger partial charge is 0.444 e. The van der Waals surface area contributed by atoms with Crippen molar-refractivity contribution in [3.8, 4) is 5.75 Å². The molecule has 1 N–H and O–H groups in total. The highest BCUT2D eigenvalue weighted by atomic mass is 79.9. The number of alkyl halides is 2. The Bertz CT molecular complexity index is 613. The fourth-order valence-corrected chi connectivity index (χ4v) is 2.03. The summed E-state index contributed by atoms with van der Waals surface area (Å²) in [6, 6.07) is 8.94. The molecule has 1 aromatic heterocycles. The van der Waals surface area contributed by atoms with Gasteiger partial charge >= 0.3 is 6.61 Å². The van der Waals surface area contributed by atoms with Gasteiger partial charge in [0.25, 0.3) is 5.91 Å². The Morgan fingerprint density at radius 1 is 1.24 bits per heavy atom. The number of halogens is 3. The lowest BCUT2D eigenvalue weighted by Gasteiger charge is -2.14. The van der Waals surface area contributed by atoms with E-state index >= 15 is 0 Å². The topological polar surface area (TPSA) is 51.5 Å². The molecule has 0 aliphatic rings. The second kappa shape index (κ2) is 6.71. The SMILES string of the molecule is CC(NC(=O)c1ccc(Br)o1)c1ccc(OC(F)F)cc1. The highest BCUT2D eigenvalue weighted by Gasteiger charge is 2.15. The summed E-state index contributed by atoms with van der Waals surface area (Å²) < 4.78 is 34.0. The van der Waals surface area contributed by atoms with Crippen molar-refractivity contribution in [2.24, 2.45) is 0 Å². The smallest absolute Gasteiger partial charge is 0.387 e. The van der Waals surface area contributed by atoms with Gasteiger partial charge in [-0.2, -0.15) is 8.78 Å². The van der Waals surface area contributed by atoms with Gasteiger partial charge in [-0.15, -0.1) is 0 Å². The van der Waals surface area contributed by atoms with Crippen molar-refractivity contribution in [1.29, 1.82) is 0 Å². The van der Waals surface area contributed by atoms with E-state index in [2.05, 4.69) is 26.0 Å². The van der Waals surface area contributed by atoms with Gasteiger partial charge in [-0.1, -0.05) is 12.1 Å². The molecule has 1 aromatic carbocycles. The summed E-state index contributed by atoms with van der Waals surface area (Å²) in [6.07, 6.45) is 0. The average Bonchev–Trinajstić information content (AvgIpc) is 2.85. The normalized spacial score (nSPS) is 12.2. The lowest BCUT2D eigenvalue weighted by atomic mass is 10.1. The van der Waals surface area contributed by atoms with Crippen LogP contribution in [0, 0.1) is 0 Å². The van der Waals surface area contributed by atoms with Gasteiger partial charge in [0, 0.05) is 0 Å². The molecule has 21 heavy (non-hydrogen) atoms. The number of hydrogen-bond donors (Lipinski definition) is 1. The molecule has 0 aliphatic heterocycles. The fraction of sp³-hybridized carbons (Fsp3) is 0.214. The van der Waals surface area contributed by atoms with Gasteiger partial charge in [0.15, 0.2) is 10.4 Å². The van der Waals surface area contributed by atoms with Crippen LogP contribution < -0.4 is 10.1 Å². The van der Waals surface area contributed by atoms with E-state index in [-0.39, 0.29) is 23.5 Å². The minimum Gasteiger partial charge on any atom is -0.444 e. The Labute approximate surface area is 128 Å². The molecule has 0 aliphatic carbocycles. The zero-order chi connectivity index (χ0) is 15.4. The summed E-state index contributed by atoms with van der Waals surface area (Å²) in [4.78, 5) is 11.9. The third-order valence-corrected chi connectivity index (χ3v) is 3.18. The van der Waals surface area contributed by atoms with E-state index in [1.54, 1.807) is 31.2 Å². The van der Waals surface area contributed by atoms with E-state index in [1.165, 1.54) is 12.1 Å². The second-order valence-corrected chi connectivity index (χ2v) is 5.03. The minimum atomic E-state index is -2.86. The molecule has 1 atom stereocenters. The first-order chi connectivity index (χ1) is 9.95. The predicted octanol–water partition coefficient (Wildman–Crippen LogP) is 4.13. The van der Waals surface area contributed by atoms with Gasteiger partial charge in [-0.3, -0.25) is 4.79 Å². The first-order valence-electron chi connectivity index (χ1n) is 6.06. The van der Waals surface area contributed by atoms with Crippen LogP contribution in [-0.4, -0.2) is 12.5 Å². The number of amides is 1. The van der Waals surface area contributed by atoms with E-state index in [9.17, 15) is 13.6 Å². The molecule has 1 heterocycles. The Balaban J connectivity index is 1.99. The predicted molar refractivity (Wildman–Crippen MR) is 75.4 cm³/mol. The third kappa shape index (κ3) is 4.29. The lowest BCUT2D eigenvalue weighted by Crippen LogP contribution is -2.26. The van der Waals surface area contributed by atoms with Crippen LogP contribution in [0.2, 0.25) is 0 Å². The van der Waals surface area contributed by atoms with E-state index < -0.39 is 6.61 Å². The Morgan fingerprint density at radius 3 is 2.43 bits per heavy atom. The van der Waals surface area contributed by atoms with E-state index in [0.717, 1.165) is 5.56 Å². The molecule has 0 saturated carbocycles.